The lowest BCUT2D eigenvalue weighted by atomic mass is 9.92. The van der Waals surface area contributed by atoms with Crippen molar-refractivity contribution in [2.45, 2.75) is 18.9 Å². The average molecular weight is 520 g/mol. The van der Waals surface area contributed by atoms with Gasteiger partial charge in [-0.1, -0.05) is 18.2 Å². The summed E-state index contributed by atoms with van der Waals surface area (Å²) in [7, 11) is 3.51. The molecule has 2 aliphatic rings. The number of fused-ring (bicyclic) bond motifs is 1. The van der Waals surface area contributed by atoms with Crippen molar-refractivity contribution in [3.8, 4) is 11.1 Å². The first kappa shape index (κ1) is 24.5. The Morgan fingerprint density at radius 3 is 2.57 bits per heavy atom. The molecule has 10 nitrogen and oxygen atoms in total. The molecule has 0 radical (unpaired) electrons. The zero-order valence-electron chi connectivity index (χ0n) is 20.7. The second kappa shape index (κ2) is 9.04. The molecule has 37 heavy (non-hydrogen) atoms. The maximum absolute atomic E-state index is 13.7. The van der Waals surface area contributed by atoms with Crippen molar-refractivity contribution < 1.29 is 14.4 Å². The summed E-state index contributed by atoms with van der Waals surface area (Å²) in [6, 6.07) is 6.65. The van der Waals surface area contributed by atoms with Crippen LogP contribution >= 0.6 is 11.6 Å². The molecular formula is C26H26ClN7O3. The lowest BCUT2D eigenvalue weighted by Gasteiger charge is -2.40. The molecule has 1 saturated heterocycles. The summed E-state index contributed by atoms with van der Waals surface area (Å²) in [5.74, 6) is -0.120. The SMILES string of the molecule is C=C(C)C(=O)Nc1ccc(C(=O)N2CCC3(C2)Nc2ncc(Cl)c(-c4cnn(C)c4)c2N(C)C3=O)cc1. The van der Waals surface area contributed by atoms with E-state index in [1.165, 1.54) is 0 Å². The predicted molar refractivity (Wildman–Crippen MR) is 142 cm³/mol. The van der Waals surface area contributed by atoms with Gasteiger partial charge in [0, 0.05) is 61.0 Å². The van der Waals surface area contributed by atoms with Gasteiger partial charge in [0.05, 0.1) is 23.5 Å². The molecular weight excluding hydrogens is 494 g/mol. The van der Waals surface area contributed by atoms with Gasteiger partial charge in [-0.05, 0) is 37.6 Å². The Morgan fingerprint density at radius 2 is 1.92 bits per heavy atom. The van der Waals surface area contributed by atoms with Crippen molar-refractivity contribution in [3.05, 3.63) is 65.6 Å². The highest BCUT2D eigenvalue weighted by molar-refractivity contribution is 6.34. The first-order valence-electron chi connectivity index (χ1n) is 11.7. The number of hydrogen-bond donors (Lipinski definition) is 2. The van der Waals surface area contributed by atoms with Gasteiger partial charge in [-0.25, -0.2) is 4.98 Å². The molecule has 1 atom stereocenters. The average Bonchev–Trinajstić information content (AvgIpc) is 3.50. The highest BCUT2D eigenvalue weighted by Gasteiger charge is 2.51. The number of likely N-dealkylation sites (tertiary alicyclic amines) is 1. The minimum Gasteiger partial charge on any atom is -0.353 e. The Bertz CT molecular complexity index is 1450. The Balaban J connectivity index is 1.38. The second-order valence-electron chi connectivity index (χ2n) is 9.44. The first-order chi connectivity index (χ1) is 17.6. The number of benzene rings is 1. The third-order valence-electron chi connectivity index (χ3n) is 6.74. The van der Waals surface area contributed by atoms with Crippen LogP contribution in [0.1, 0.15) is 23.7 Å². The van der Waals surface area contributed by atoms with E-state index in [1.54, 1.807) is 65.1 Å². The zero-order valence-corrected chi connectivity index (χ0v) is 21.5. The number of anilines is 3. The summed E-state index contributed by atoms with van der Waals surface area (Å²) < 4.78 is 1.67. The van der Waals surface area contributed by atoms with Crippen LogP contribution in [0.2, 0.25) is 5.02 Å². The highest BCUT2D eigenvalue weighted by atomic mass is 35.5. The lowest BCUT2D eigenvalue weighted by molar-refractivity contribution is -0.122. The molecule has 1 aromatic carbocycles. The molecule has 0 bridgehead atoms. The van der Waals surface area contributed by atoms with Gasteiger partial charge in [-0.2, -0.15) is 5.10 Å². The number of aromatic nitrogens is 3. The van der Waals surface area contributed by atoms with Crippen LogP contribution in [0.5, 0.6) is 0 Å². The largest absolute Gasteiger partial charge is 0.353 e. The van der Waals surface area contributed by atoms with Gasteiger partial charge in [0.15, 0.2) is 5.82 Å². The monoisotopic (exact) mass is 519 g/mol. The number of carbonyl (C=O) groups is 3. The molecule has 11 heteroatoms. The van der Waals surface area contributed by atoms with Crippen LogP contribution in [0, 0.1) is 0 Å². The quantitative estimate of drug-likeness (QED) is 0.511. The molecule has 4 heterocycles. The number of pyridine rings is 1. The normalized spacial score (nSPS) is 18.5. The lowest BCUT2D eigenvalue weighted by Crippen LogP contribution is -2.58. The Morgan fingerprint density at radius 1 is 1.19 bits per heavy atom. The third kappa shape index (κ3) is 4.23. The number of nitrogens with zero attached hydrogens (tertiary/aromatic N) is 5. The number of nitrogens with one attached hydrogen (secondary N) is 2. The third-order valence-corrected chi connectivity index (χ3v) is 7.03. The summed E-state index contributed by atoms with van der Waals surface area (Å²) in [6.45, 7) is 5.83. The van der Waals surface area contributed by atoms with Crippen LogP contribution in [-0.2, 0) is 16.6 Å². The summed E-state index contributed by atoms with van der Waals surface area (Å²) >= 11 is 6.51. The van der Waals surface area contributed by atoms with Gasteiger partial charge in [-0.15, -0.1) is 0 Å². The van der Waals surface area contributed by atoms with Gasteiger partial charge in [0.1, 0.15) is 5.54 Å². The van der Waals surface area contributed by atoms with Crippen LogP contribution in [0.25, 0.3) is 11.1 Å². The fraction of sp³-hybridized carbons (Fsp3) is 0.269. The number of likely N-dealkylation sites (N-methyl/N-ethyl adjacent to an activating group) is 1. The Hall–Kier alpha value is -4.18. The van der Waals surface area contributed by atoms with Crippen LogP contribution in [0.15, 0.2) is 55.0 Å². The topological polar surface area (TPSA) is 112 Å². The van der Waals surface area contributed by atoms with Gasteiger partial charge in [-0.3, -0.25) is 19.1 Å². The number of hydrogen-bond acceptors (Lipinski definition) is 6. The van der Waals surface area contributed by atoms with Crippen LogP contribution in [0.3, 0.4) is 0 Å². The van der Waals surface area contributed by atoms with E-state index in [-0.39, 0.29) is 24.3 Å². The first-order valence-corrected chi connectivity index (χ1v) is 12.1. The van der Waals surface area contributed by atoms with Crippen LogP contribution < -0.4 is 15.5 Å². The zero-order chi connectivity index (χ0) is 26.5. The van der Waals surface area contributed by atoms with E-state index in [9.17, 15) is 14.4 Å². The number of amides is 3. The van der Waals surface area contributed by atoms with Gasteiger partial charge in [0.25, 0.3) is 17.7 Å². The molecule has 3 aromatic rings. The molecule has 2 aliphatic heterocycles. The molecule has 0 saturated carbocycles. The van der Waals surface area contributed by atoms with E-state index in [2.05, 4.69) is 27.3 Å². The van der Waals surface area contributed by atoms with Crippen LogP contribution in [-0.4, -0.2) is 63.1 Å². The van der Waals surface area contributed by atoms with Crippen molar-refractivity contribution in [1.29, 1.82) is 0 Å². The molecule has 2 N–H and O–H groups in total. The second-order valence-corrected chi connectivity index (χ2v) is 9.85. The standard InChI is InChI=1S/C26H26ClN7O3/c1-15(2)23(35)30-18-7-5-16(6-8-18)24(36)34-10-9-26(14-34)25(37)33(4)21-20(17-11-29-32(3)13-17)19(27)12-28-22(21)31-26/h5-8,11-13H,1,9-10,14H2,2-4H3,(H,28,31)(H,30,35). The van der Waals surface area contributed by atoms with Gasteiger partial charge in [0.2, 0.25) is 0 Å². The predicted octanol–water partition coefficient (Wildman–Crippen LogP) is 3.32. The van der Waals surface area contributed by atoms with E-state index in [0.29, 0.717) is 51.9 Å². The Labute approximate surface area is 218 Å². The van der Waals surface area contributed by atoms with Crippen molar-refractivity contribution in [1.82, 2.24) is 19.7 Å². The molecule has 1 unspecified atom stereocenters. The van der Waals surface area contributed by atoms with E-state index >= 15 is 0 Å². The molecule has 0 aliphatic carbocycles. The van der Waals surface area contributed by atoms with E-state index in [1.807, 2.05) is 13.2 Å². The fourth-order valence-electron chi connectivity index (χ4n) is 4.80. The van der Waals surface area contributed by atoms with E-state index in [4.69, 9.17) is 11.6 Å². The summed E-state index contributed by atoms with van der Waals surface area (Å²) in [6.07, 6.45) is 5.50. The summed E-state index contributed by atoms with van der Waals surface area (Å²) in [5.41, 5.74) is 2.44. The van der Waals surface area contributed by atoms with Crippen molar-refractivity contribution >= 4 is 46.5 Å². The minimum absolute atomic E-state index is 0.164. The van der Waals surface area contributed by atoms with Crippen molar-refractivity contribution in [3.63, 3.8) is 0 Å². The molecule has 1 spiro atoms. The number of carbonyl (C=O) groups excluding carboxylic acids is 3. The smallest absolute Gasteiger partial charge is 0.254 e. The maximum atomic E-state index is 13.7. The molecule has 5 rings (SSSR count). The van der Waals surface area contributed by atoms with Crippen LogP contribution in [0.4, 0.5) is 17.2 Å². The number of aryl methyl sites for hydroxylation is 1. The van der Waals surface area contributed by atoms with Gasteiger partial charge < -0.3 is 20.4 Å². The van der Waals surface area contributed by atoms with Gasteiger partial charge >= 0.3 is 0 Å². The number of halogens is 1. The summed E-state index contributed by atoms with van der Waals surface area (Å²) in [5, 5.41) is 10.7. The van der Waals surface area contributed by atoms with Crippen molar-refractivity contribution in [2.75, 3.05) is 35.7 Å². The van der Waals surface area contributed by atoms with E-state index in [0.717, 1.165) is 5.56 Å². The Kier molecular flexibility index (Phi) is 5.99. The molecule has 190 valence electrons. The maximum Gasteiger partial charge on any atom is 0.254 e. The fourth-order valence-corrected chi connectivity index (χ4v) is 5.05. The number of rotatable bonds is 4. The van der Waals surface area contributed by atoms with E-state index < -0.39 is 5.54 Å². The molecule has 1 fully saturated rings. The minimum atomic E-state index is -1.00. The summed E-state index contributed by atoms with van der Waals surface area (Å²) in [4.78, 5) is 46.5. The molecule has 2 aromatic heterocycles. The highest BCUT2D eigenvalue weighted by Crippen LogP contribution is 2.46. The van der Waals surface area contributed by atoms with Crippen molar-refractivity contribution in [2.24, 2.45) is 7.05 Å². The molecule has 3 amide bonds.